The molecule has 0 amide bonds. The molecule has 0 saturated carbocycles. The van der Waals surface area contributed by atoms with Crippen molar-refractivity contribution in [2.75, 3.05) is 5.32 Å². The summed E-state index contributed by atoms with van der Waals surface area (Å²) in [6.45, 7) is 1.55. The summed E-state index contributed by atoms with van der Waals surface area (Å²) >= 11 is 0. The van der Waals surface area contributed by atoms with E-state index in [0.29, 0.717) is 5.56 Å². The minimum Gasteiger partial charge on any atom is -0.355 e. The average molecular weight is 235 g/mol. The third kappa shape index (κ3) is 2.58. The molecule has 2 heteroatoms. The summed E-state index contributed by atoms with van der Waals surface area (Å²) in [5, 5.41) is 3.21. The highest BCUT2D eigenvalue weighted by Crippen LogP contribution is 2.21. The fraction of sp³-hybridized carbons (Fsp3) is 0.0625. The Morgan fingerprint density at radius 3 is 2.67 bits per heavy atom. The van der Waals surface area contributed by atoms with Gasteiger partial charge in [-0.05, 0) is 37.3 Å². The largest absolute Gasteiger partial charge is 0.355 e. The number of rotatable bonds is 3. The van der Waals surface area contributed by atoms with E-state index in [1.165, 1.54) is 0 Å². The van der Waals surface area contributed by atoms with E-state index < -0.39 is 0 Å². The van der Waals surface area contributed by atoms with Crippen molar-refractivity contribution in [1.82, 2.24) is 0 Å². The van der Waals surface area contributed by atoms with Gasteiger partial charge < -0.3 is 5.32 Å². The van der Waals surface area contributed by atoms with Gasteiger partial charge in [0.15, 0.2) is 5.78 Å². The van der Waals surface area contributed by atoms with Crippen LogP contribution in [0.25, 0.3) is 0 Å². The normalized spacial score (nSPS) is 9.56. The fourth-order valence-electron chi connectivity index (χ4n) is 1.74. The topological polar surface area (TPSA) is 29.1 Å². The Balaban J connectivity index is 2.34. The molecule has 2 rings (SSSR count). The van der Waals surface area contributed by atoms with Gasteiger partial charge in [-0.25, -0.2) is 0 Å². The second-order valence-corrected chi connectivity index (χ2v) is 3.95. The van der Waals surface area contributed by atoms with Crippen LogP contribution >= 0.6 is 0 Å². The minimum atomic E-state index is 0.0335. The highest BCUT2D eigenvalue weighted by molar-refractivity contribution is 6.00. The molecule has 1 N–H and O–H groups in total. The standard InChI is InChI=1S/C16H13NO/c1-3-13-7-6-8-14(11-13)17-16-10-5-4-9-15(16)12(2)18/h1,4-11,17H,2H3. The molecule has 2 aromatic carbocycles. The van der Waals surface area contributed by atoms with E-state index in [0.717, 1.165) is 16.9 Å². The van der Waals surface area contributed by atoms with E-state index >= 15 is 0 Å². The second kappa shape index (κ2) is 5.20. The van der Waals surface area contributed by atoms with E-state index in [4.69, 9.17) is 6.42 Å². The molecular formula is C16H13NO. The van der Waals surface area contributed by atoms with Crippen molar-refractivity contribution in [2.45, 2.75) is 6.92 Å². The summed E-state index contributed by atoms with van der Waals surface area (Å²) < 4.78 is 0. The van der Waals surface area contributed by atoms with Crippen LogP contribution in [0.1, 0.15) is 22.8 Å². The molecule has 0 aliphatic heterocycles. The van der Waals surface area contributed by atoms with Crippen molar-refractivity contribution in [3.05, 3.63) is 59.7 Å². The summed E-state index contributed by atoms with van der Waals surface area (Å²) in [6, 6.07) is 14.9. The molecule has 0 aliphatic carbocycles. The lowest BCUT2D eigenvalue weighted by atomic mass is 10.1. The highest BCUT2D eigenvalue weighted by atomic mass is 16.1. The Labute approximate surface area is 107 Å². The molecule has 0 aromatic heterocycles. The minimum absolute atomic E-state index is 0.0335. The van der Waals surface area contributed by atoms with E-state index in [9.17, 15) is 4.79 Å². The van der Waals surface area contributed by atoms with Crippen molar-refractivity contribution < 1.29 is 4.79 Å². The number of ketones is 1. The van der Waals surface area contributed by atoms with E-state index in [1.807, 2.05) is 42.5 Å². The maximum atomic E-state index is 11.5. The third-order valence-electron chi connectivity index (χ3n) is 2.61. The van der Waals surface area contributed by atoms with Gasteiger partial charge in [-0.3, -0.25) is 4.79 Å². The Morgan fingerprint density at radius 2 is 1.94 bits per heavy atom. The van der Waals surface area contributed by atoms with Crippen LogP contribution in [0.2, 0.25) is 0 Å². The first kappa shape index (κ1) is 11.9. The van der Waals surface area contributed by atoms with Crippen LogP contribution in [0.4, 0.5) is 11.4 Å². The molecule has 0 bridgehead atoms. The number of anilines is 2. The van der Waals surface area contributed by atoms with E-state index in [1.54, 1.807) is 13.0 Å². The zero-order valence-corrected chi connectivity index (χ0v) is 10.1. The number of hydrogen-bond donors (Lipinski definition) is 1. The Hall–Kier alpha value is -2.53. The van der Waals surface area contributed by atoms with Gasteiger partial charge in [-0.2, -0.15) is 0 Å². The molecule has 0 radical (unpaired) electrons. The van der Waals surface area contributed by atoms with Gasteiger partial charge in [0.25, 0.3) is 0 Å². The summed E-state index contributed by atoms with van der Waals surface area (Å²) in [5.74, 6) is 2.62. The molecular weight excluding hydrogens is 222 g/mol. The molecule has 0 atom stereocenters. The lowest BCUT2D eigenvalue weighted by Gasteiger charge is -2.10. The average Bonchev–Trinajstić information content (AvgIpc) is 2.39. The zero-order valence-electron chi connectivity index (χ0n) is 10.1. The van der Waals surface area contributed by atoms with E-state index in [-0.39, 0.29) is 5.78 Å². The number of terminal acetylenes is 1. The van der Waals surface area contributed by atoms with Gasteiger partial charge in [0.05, 0.1) is 0 Å². The first-order chi connectivity index (χ1) is 8.70. The van der Waals surface area contributed by atoms with Crippen LogP contribution in [-0.4, -0.2) is 5.78 Å². The molecule has 18 heavy (non-hydrogen) atoms. The lowest BCUT2D eigenvalue weighted by molar-refractivity contribution is 0.101. The quantitative estimate of drug-likeness (QED) is 0.650. The highest BCUT2D eigenvalue weighted by Gasteiger charge is 2.06. The molecule has 2 aromatic rings. The molecule has 0 unspecified atom stereocenters. The maximum absolute atomic E-state index is 11.5. The van der Waals surface area contributed by atoms with Crippen LogP contribution in [-0.2, 0) is 0 Å². The number of Topliss-reactive ketones (excluding diaryl/α,β-unsaturated/α-hetero) is 1. The summed E-state index contributed by atoms with van der Waals surface area (Å²) in [5.41, 5.74) is 3.14. The van der Waals surface area contributed by atoms with Crippen LogP contribution in [0.3, 0.4) is 0 Å². The number of nitrogens with one attached hydrogen (secondary N) is 1. The van der Waals surface area contributed by atoms with Crippen LogP contribution in [0, 0.1) is 12.3 Å². The summed E-state index contributed by atoms with van der Waals surface area (Å²) in [6.07, 6.45) is 5.36. The van der Waals surface area contributed by atoms with Crippen LogP contribution in [0.15, 0.2) is 48.5 Å². The van der Waals surface area contributed by atoms with Gasteiger partial charge in [0, 0.05) is 22.5 Å². The molecule has 88 valence electrons. The number of benzene rings is 2. The Morgan fingerprint density at radius 1 is 1.17 bits per heavy atom. The number of carbonyl (C=O) groups excluding carboxylic acids is 1. The maximum Gasteiger partial charge on any atom is 0.161 e. The Bertz CT molecular complexity index is 623. The van der Waals surface area contributed by atoms with Gasteiger partial charge in [0.2, 0.25) is 0 Å². The monoisotopic (exact) mass is 235 g/mol. The number of carbonyl (C=O) groups is 1. The predicted molar refractivity (Wildman–Crippen MR) is 74.1 cm³/mol. The lowest BCUT2D eigenvalue weighted by Crippen LogP contribution is -2.00. The molecule has 0 spiro atoms. The SMILES string of the molecule is C#Cc1cccc(Nc2ccccc2C(C)=O)c1. The van der Waals surface area contributed by atoms with Gasteiger partial charge in [0.1, 0.15) is 0 Å². The predicted octanol–water partition coefficient (Wildman–Crippen LogP) is 3.61. The van der Waals surface area contributed by atoms with Crippen molar-refractivity contribution >= 4 is 17.2 Å². The molecule has 2 nitrogen and oxygen atoms in total. The van der Waals surface area contributed by atoms with Gasteiger partial charge in [-0.15, -0.1) is 6.42 Å². The first-order valence-electron chi connectivity index (χ1n) is 5.64. The van der Waals surface area contributed by atoms with Crippen molar-refractivity contribution in [2.24, 2.45) is 0 Å². The van der Waals surface area contributed by atoms with Gasteiger partial charge in [-0.1, -0.05) is 24.1 Å². The summed E-state index contributed by atoms with van der Waals surface area (Å²) in [4.78, 5) is 11.5. The molecule has 0 aliphatic rings. The second-order valence-electron chi connectivity index (χ2n) is 3.95. The van der Waals surface area contributed by atoms with E-state index in [2.05, 4.69) is 11.2 Å². The van der Waals surface area contributed by atoms with Crippen molar-refractivity contribution in [3.63, 3.8) is 0 Å². The molecule has 0 saturated heterocycles. The van der Waals surface area contributed by atoms with Crippen molar-refractivity contribution in [1.29, 1.82) is 0 Å². The number of para-hydroxylation sites is 1. The first-order valence-corrected chi connectivity index (χ1v) is 5.64. The smallest absolute Gasteiger partial charge is 0.161 e. The number of hydrogen-bond acceptors (Lipinski definition) is 2. The van der Waals surface area contributed by atoms with Crippen LogP contribution in [0.5, 0.6) is 0 Å². The van der Waals surface area contributed by atoms with Crippen molar-refractivity contribution in [3.8, 4) is 12.3 Å². The fourth-order valence-corrected chi connectivity index (χ4v) is 1.74. The molecule has 0 heterocycles. The third-order valence-corrected chi connectivity index (χ3v) is 2.61. The summed E-state index contributed by atoms with van der Waals surface area (Å²) in [7, 11) is 0. The molecule has 0 fully saturated rings. The van der Waals surface area contributed by atoms with Crippen LogP contribution < -0.4 is 5.32 Å². The zero-order chi connectivity index (χ0) is 13.0. The van der Waals surface area contributed by atoms with Gasteiger partial charge >= 0.3 is 0 Å². The Kier molecular flexibility index (Phi) is 3.45.